The zero-order valence-electron chi connectivity index (χ0n) is 41.9. The molecule has 0 aliphatic rings. The van der Waals surface area contributed by atoms with Crippen LogP contribution in [-0.2, 0) is 38.3 Å². The first-order valence-electron chi connectivity index (χ1n) is 24.5. The molecule has 0 aliphatic carbocycles. The van der Waals surface area contributed by atoms with E-state index in [1.807, 2.05) is 12.3 Å². The van der Waals surface area contributed by atoms with Crippen molar-refractivity contribution in [2.45, 2.75) is 72.6 Å². The second-order valence-electron chi connectivity index (χ2n) is 21.1. The number of phenolic OH excluding ortho intramolecular Hbond substituents is 1. The van der Waals surface area contributed by atoms with E-state index in [2.05, 4.69) is 248 Å². The number of imidazole rings is 1. The Labute approximate surface area is 434 Å². The second kappa shape index (κ2) is 19.9. The number of hydrogen-bond acceptors (Lipinski definition) is 3. The second-order valence-corrected chi connectivity index (χ2v) is 21.1. The largest absolute Gasteiger partial charge is 0.507 e. The summed E-state index contributed by atoms with van der Waals surface area (Å²) in [5.74, 6) is 1.42. The van der Waals surface area contributed by atoms with Crippen LogP contribution in [0.2, 0.25) is 0 Å². The molecule has 10 rings (SSSR count). The third-order valence-corrected chi connectivity index (χ3v) is 13.4. The third kappa shape index (κ3) is 10.1. The van der Waals surface area contributed by atoms with Crippen LogP contribution in [0, 0.1) is 12.0 Å². The molecule has 1 N–H and O–H groups in total. The molecule has 71 heavy (non-hydrogen) atoms. The Morgan fingerprint density at radius 2 is 1.11 bits per heavy atom. The zero-order chi connectivity index (χ0) is 48.7. The Balaban J connectivity index is 0.00000624. The summed E-state index contributed by atoms with van der Waals surface area (Å²) in [6, 6.07) is 70.6. The minimum absolute atomic E-state index is 0. The van der Waals surface area contributed by atoms with Crippen molar-refractivity contribution >= 4 is 11.0 Å². The summed E-state index contributed by atoms with van der Waals surface area (Å²) >= 11 is 0. The topological polar surface area (TPSA) is 50.9 Å². The fraction of sp³-hybridized carbons (Fsp3) is 0.182. The molecule has 0 spiro atoms. The van der Waals surface area contributed by atoms with Gasteiger partial charge < -0.3 is 5.11 Å². The first-order chi connectivity index (χ1) is 33.7. The van der Waals surface area contributed by atoms with Gasteiger partial charge in [0.25, 0.3) is 0 Å². The molecular weight excluding hydrogens is 1050 g/mol. The summed E-state index contributed by atoms with van der Waals surface area (Å²) < 4.78 is 2.28. The fourth-order valence-corrected chi connectivity index (χ4v) is 9.67. The number of hydrogen-bond donors (Lipinski definition) is 1. The SMILES string of the molecule is CC(C)Cc1ccc(-n2c(-c3cc(C(C)(C)C)cc(C(C)(C)C)c3O)nc3c(-c4[c-]c(-c5cc(-c6ccc(-c7ccccc7)cc6)ccn5)cc(-c5ccccc5)c4)cccc32)c(-c2ccccc2)c1.[Pt]. The Morgan fingerprint density at radius 3 is 1.73 bits per heavy atom. The minimum atomic E-state index is -0.337. The predicted molar refractivity (Wildman–Crippen MR) is 293 cm³/mol. The van der Waals surface area contributed by atoms with Gasteiger partial charge >= 0.3 is 0 Å². The van der Waals surface area contributed by atoms with Crippen LogP contribution in [0.4, 0.5) is 0 Å². The number of phenols is 1. The molecule has 5 heteroatoms. The van der Waals surface area contributed by atoms with Gasteiger partial charge in [-0.2, -0.15) is 0 Å². The molecule has 0 unspecified atom stereocenters. The molecule has 0 amide bonds. The van der Waals surface area contributed by atoms with E-state index in [0.29, 0.717) is 17.3 Å². The summed E-state index contributed by atoms with van der Waals surface area (Å²) in [6.45, 7) is 17.7. The van der Waals surface area contributed by atoms with E-state index in [1.165, 1.54) is 16.7 Å². The number of fused-ring (bicyclic) bond motifs is 1. The molecule has 10 aromatic rings. The quantitative estimate of drug-likeness (QED) is 0.139. The van der Waals surface area contributed by atoms with Gasteiger partial charge in [-0.25, -0.2) is 4.98 Å². The zero-order valence-corrected chi connectivity index (χ0v) is 44.1. The van der Waals surface area contributed by atoms with Gasteiger partial charge in [0.2, 0.25) is 0 Å². The van der Waals surface area contributed by atoms with Crippen molar-refractivity contribution in [3.63, 3.8) is 0 Å². The average Bonchev–Trinajstić information content (AvgIpc) is 3.76. The molecule has 0 saturated heterocycles. The smallest absolute Gasteiger partial charge is 0.148 e. The standard InChI is InChI=1S/C66H60N3O.Pt/c1-43(2)35-44-27-32-60(56(36-44)49-23-16-11-17-24-49)69-61-26-18-25-55(62(61)68-64(69)57-41-54(65(3,4)5)42-58(63(57)70)66(6,7)8)52-37-51(46-21-14-10-15-22-46)38-53(39-52)59-40-50(33-34-67-59)48-30-28-47(29-31-48)45-19-12-9-13-20-45;/h9-34,36-38,40-43,70H,35H2,1-8H3;/q-1;. The predicted octanol–water partition coefficient (Wildman–Crippen LogP) is 17.4. The molecule has 0 saturated carbocycles. The van der Waals surface area contributed by atoms with E-state index in [0.717, 1.165) is 90.0 Å². The molecule has 0 atom stereocenters. The summed E-state index contributed by atoms with van der Waals surface area (Å²) in [4.78, 5) is 10.7. The molecule has 356 valence electrons. The summed E-state index contributed by atoms with van der Waals surface area (Å²) in [5.41, 5.74) is 18.7. The Morgan fingerprint density at radius 1 is 0.521 bits per heavy atom. The Kier molecular flexibility index (Phi) is 13.7. The number of aromatic nitrogens is 3. The van der Waals surface area contributed by atoms with E-state index in [4.69, 9.17) is 9.97 Å². The van der Waals surface area contributed by atoms with Crippen LogP contribution in [0.3, 0.4) is 0 Å². The van der Waals surface area contributed by atoms with Crippen LogP contribution >= 0.6 is 0 Å². The van der Waals surface area contributed by atoms with Crippen molar-refractivity contribution in [2.75, 3.05) is 0 Å². The normalized spacial score (nSPS) is 11.8. The minimum Gasteiger partial charge on any atom is -0.507 e. The van der Waals surface area contributed by atoms with E-state index in [9.17, 15) is 5.11 Å². The molecule has 8 aromatic carbocycles. The first-order valence-corrected chi connectivity index (χ1v) is 24.5. The number of pyridine rings is 1. The van der Waals surface area contributed by atoms with E-state index >= 15 is 0 Å². The van der Waals surface area contributed by atoms with Crippen molar-refractivity contribution in [1.82, 2.24) is 14.5 Å². The maximum atomic E-state index is 12.6. The van der Waals surface area contributed by atoms with Gasteiger partial charge in [-0.3, -0.25) is 9.55 Å². The Hall–Kier alpha value is -7.13. The molecule has 0 radical (unpaired) electrons. The number of nitrogens with zero attached hydrogens (tertiary/aromatic N) is 3. The molecule has 0 aliphatic heterocycles. The Bertz CT molecular complexity index is 3490. The van der Waals surface area contributed by atoms with Gasteiger partial charge in [0.15, 0.2) is 0 Å². The van der Waals surface area contributed by atoms with E-state index in [-0.39, 0.29) is 37.6 Å². The van der Waals surface area contributed by atoms with Crippen LogP contribution in [0.1, 0.15) is 72.1 Å². The van der Waals surface area contributed by atoms with Crippen molar-refractivity contribution in [3.05, 3.63) is 217 Å². The van der Waals surface area contributed by atoms with Crippen LogP contribution in [0.15, 0.2) is 194 Å². The molecule has 2 heterocycles. The van der Waals surface area contributed by atoms with Gasteiger partial charge in [-0.15, -0.1) is 23.8 Å². The van der Waals surface area contributed by atoms with Crippen molar-refractivity contribution in [1.29, 1.82) is 0 Å². The first kappa shape index (κ1) is 48.9. The van der Waals surface area contributed by atoms with Gasteiger partial charge in [0.1, 0.15) is 11.6 Å². The van der Waals surface area contributed by atoms with Crippen molar-refractivity contribution in [2.24, 2.45) is 5.92 Å². The molecule has 0 fully saturated rings. The third-order valence-electron chi connectivity index (χ3n) is 13.4. The number of benzene rings is 8. The number of para-hydroxylation sites is 1. The summed E-state index contributed by atoms with van der Waals surface area (Å²) in [5, 5.41) is 12.6. The average molecular weight is 1110 g/mol. The number of aromatic hydroxyl groups is 1. The van der Waals surface area contributed by atoms with Crippen LogP contribution in [-0.4, -0.2) is 19.6 Å². The molecule has 4 nitrogen and oxygen atoms in total. The number of rotatable bonds is 10. The maximum Gasteiger partial charge on any atom is 0.148 e. The van der Waals surface area contributed by atoms with Gasteiger partial charge in [-0.05, 0) is 98.0 Å². The van der Waals surface area contributed by atoms with Gasteiger partial charge in [-0.1, -0.05) is 218 Å². The van der Waals surface area contributed by atoms with Crippen LogP contribution in [0.5, 0.6) is 5.75 Å². The molecule has 0 bridgehead atoms. The van der Waals surface area contributed by atoms with E-state index < -0.39 is 0 Å². The van der Waals surface area contributed by atoms with Crippen LogP contribution < -0.4 is 0 Å². The summed E-state index contributed by atoms with van der Waals surface area (Å²) in [6.07, 6.45) is 2.85. The van der Waals surface area contributed by atoms with Crippen LogP contribution in [0.25, 0.3) is 95.0 Å². The molecular formula is C66H60N3OPt-. The monoisotopic (exact) mass is 1110 g/mol. The van der Waals surface area contributed by atoms with Crippen molar-refractivity contribution < 1.29 is 26.2 Å². The van der Waals surface area contributed by atoms with E-state index in [1.54, 1.807) is 0 Å². The fourth-order valence-electron chi connectivity index (χ4n) is 9.67. The summed E-state index contributed by atoms with van der Waals surface area (Å²) in [7, 11) is 0. The van der Waals surface area contributed by atoms with Crippen molar-refractivity contribution in [3.8, 4) is 89.7 Å². The van der Waals surface area contributed by atoms with Gasteiger partial charge in [0, 0.05) is 44.1 Å². The van der Waals surface area contributed by atoms with Gasteiger partial charge in [0.05, 0.1) is 22.3 Å². The maximum absolute atomic E-state index is 12.6. The molecule has 2 aromatic heterocycles.